The molecular weight excluding hydrogens is 218 g/mol. The van der Waals surface area contributed by atoms with E-state index < -0.39 is 0 Å². The molecule has 0 aliphatic heterocycles. The van der Waals surface area contributed by atoms with Crippen molar-refractivity contribution in [2.45, 2.75) is 20.5 Å². The number of hydrogen-bond donors (Lipinski definition) is 2. The Labute approximate surface area is 102 Å². The number of aliphatic hydroxyl groups excluding tert-OH is 1. The molecule has 0 bridgehead atoms. The zero-order valence-electron chi connectivity index (χ0n) is 10.3. The van der Waals surface area contributed by atoms with E-state index >= 15 is 0 Å². The summed E-state index contributed by atoms with van der Waals surface area (Å²) in [5.74, 6) is 0.939. The normalized spacial score (nSPS) is 10.4. The van der Waals surface area contributed by atoms with Gasteiger partial charge in [-0.2, -0.15) is 0 Å². The van der Waals surface area contributed by atoms with Crippen LogP contribution in [0.15, 0.2) is 24.3 Å². The van der Waals surface area contributed by atoms with Crippen LogP contribution in [0.5, 0.6) is 5.75 Å². The van der Waals surface area contributed by atoms with Gasteiger partial charge in [-0.15, -0.1) is 0 Å². The minimum atomic E-state index is -0.120. The number of nitrogens with one attached hydrogen (secondary N) is 1. The molecule has 1 rings (SSSR count). The van der Waals surface area contributed by atoms with Crippen molar-refractivity contribution in [3.8, 4) is 5.75 Å². The largest absolute Gasteiger partial charge is 0.484 e. The number of benzene rings is 1. The molecule has 0 atom stereocenters. The fraction of sp³-hybridized carbons (Fsp3) is 0.462. The molecular formula is C13H19NO3. The van der Waals surface area contributed by atoms with E-state index in [4.69, 9.17) is 9.84 Å². The quantitative estimate of drug-likeness (QED) is 0.784. The van der Waals surface area contributed by atoms with Crippen LogP contribution in [-0.2, 0) is 11.4 Å². The van der Waals surface area contributed by atoms with Crippen LogP contribution >= 0.6 is 0 Å². The Balaban J connectivity index is 2.31. The van der Waals surface area contributed by atoms with Crippen molar-refractivity contribution in [3.63, 3.8) is 0 Å². The molecule has 94 valence electrons. The van der Waals surface area contributed by atoms with Gasteiger partial charge in [0.15, 0.2) is 6.61 Å². The van der Waals surface area contributed by atoms with Gasteiger partial charge in [-0.3, -0.25) is 4.79 Å². The van der Waals surface area contributed by atoms with E-state index in [1.807, 2.05) is 13.8 Å². The Kier molecular flexibility index (Phi) is 5.49. The summed E-state index contributed by atoms with van der Waals surface area (Å²) in [6, 6.07) is 7.01. The van der Waals surface area contributed by atoms with Crippen molar-refractivity contribution in [1.29, 1.82) is 0 Å². The van der Waals surface area contributed by atoms with Crippen LogP contribution in [0.2, 0.25) is 0 Å². The van der Waals surface area contributed by atoms with E-state index in [0.29, 0.717) is 18.2 Å². The van der Waals surface area contributed by atoms with E-state index in [1.165, 1.54) is 0 Å². The van der Waals surface area contributed by atoms with Crippen molar-refractivity contribution >= 4 is 5.91 Å². The van der Waals surface area contributed by atoms with Crippen LogP contribution < -0.4 is 10.1 Å². The predicted molar refractivity (Wildman–Crippen MR) is 65.7 cm³/mol. The molecule has 0 radical (unpaired) electrons. The highest BCUT2D eigenvalue weighted by atomic mass is 16.5. The lowest BCUT2D eigenvalue weighted by atomic mass is 10.2. The average molecular weight is 237 g/mol. The zero-order chi connectivity index (χ0) is 12.7. The fourth-order valence-corrected chi connectivity index (χ4v) is 1.21. The molecule has 0 spiro atoms. The Bertz CT molecular complexity index is 346. The zero-order valence-corrected chi connectivity index (χ0v) is 10.3. The average Bonchev–Trinajstić information content (AvgIpc) is 2.34. The maximum absolute atomic E-state index is 11.4. The lowest BCUT2D eigenvalue weighted by Gasteiger charge is -2.09. The van der Waals surface area contributed by atoms with Crippen molar-refractivity contribution < 1.29 is 14.6 Å². The van der Waals surface area contributed by atoms with E-state index in [1.54, 1.807) is 24.3 Å². The lowest BCUT2D eigenvalue weighted by molar-refractivity contribution is -0.123. The van der Waals surface area contributed by atoms with Gasteiger partial charge >= 0.3 is 0 Å². The van der Waals surface area contributed by atoms with Crippen molar-refractivity contribution in [2.75, 3.05) is 13.2 Å². The highest BCUT2D eigenvalue weighted by Gasteiger charge is 2.03. The van der Waals surface area contributed by atoms with Crippen LogP contribution in [0.3, 0.4) is 0 Å². The summed E-state index contributed by atoms with van der Waals surface area (Å²) in [6.45, 7) is 4.76. The van der Waals surface area contributed by atoms with Crippen LogP contribution in [-0.4, -0.2) is 24.2 Å². The summed E-state index contributed by atoms with van der Waals surface area (Å²) in [6.07, 6.45) is 0. The number of ether oxygens (including phenoxy) is 1. The van der Waals surface area contributed by atoms with Crippen LogP contribution in [0, 0.1) is 5.92 Å². The third-order valence-electron chi connectivity index (χ3n) is 2.18. The van der Waals surface area contributed by atoms with Crippen molar-refractivity contribution in [3.05, 3.63) is 29.8 Å². The molecule has 0 aliphatic carbocycles. The molecule has 1 aromatic rings. The summed E-state index contributed by atoms with van der Waals surface area (Å²) < 4.78 is 5.31. The maximum atomic E-state index is 11.4. The molecule has 0 unspecified atom stereocenters. The first-order valence-corrected chi connectivity index (χ1v) is 5.71. The number of rotatable bonds is 6. The van der Waals surface area contributed by atoms with E-state index in [9.17, 15) is 4.79 Å². The van der Waals surface area contributed by atoms with Gasteiger partial charge in [0.05, 0.1) is 6.61 Å². The van der Waals surface area contributed by atoms with Gasteiger partial charge in [0, 0.05) is 6.54 Å². The summed E-state index contributed by atoms with van der Waals surface area (Å²) in [7, 11) is 0. The minimum Gasteiger partial charge on any atom is -0.484 e. The molecule has 0 aliphatic rings. The number of carbonyl (C=O) groups excluding carboxylic acids is 1. The standard InChI is InChI=1S/C13H19NO3/c1-10(2)7-14-13(16)9-17-12-5-3-11(8-15)4-6-12/h3-6,10,15H,7-9H2,1-2H3,(H,14,16). The third kappa shape index (κ3) is 5.36. The molecule has 0 heterocycles. The Morgan fingerprint density at radius 2 is 2.00 bits per heavy atom. The molecule has 4 heteroatoms. The summed E-state index contributed by atoms with van der Waals surface area (Å²) in [5.41, 5.74) is 0.821. The highest BCUT2D eigenvalue weighted by molar-refractivity contribution is 5.77. The smallest absolute Gasteiger partial charge is 0.257 e. The third-order valence-corrected chi connectivity index (χ3v) is 2.18. The SMILES string of the molecule is CC(C)CNC(=O)COc1ccc(CO)cc1. The summed E-state index contributed by atoms with van der Waals surface area (Å²) in [4.78, 5) is 11.4. The topological polar surface area (TPSA) is 58.6 Å². The molecule has 4 nitrogen and oxygen atoms in total. The van der Waals surface area contributed by atoms with Crippen molar-refractivity contribution in [1.82, 2.24) is 5.32 Å². The molecule has 0 aromatic heterocycles. The number of aliphatic hydroxyl groups is 1. The number of amides is 1. The second kappa shape index (κ2) is 6.91. The lowest BCUT2D eigenvalue weighted by Crippen LogP contribution is -2.31. The molecule has 1 amide bonds. The molecule has 0 saturated carbocycles. The second-order valence-corrected chi connectivity index (χ2v) is 4.29. The number of carbonyl (C=O) groups is 1. The van der Waals surface area contributed by atoms with E-state index in [0.717, 1.165) is 5.56 Å². The van der Waals surface area contributed by atoms with Gasteiger partial charge < -0.3 is 15.2 Å². The molecule has 0 fully saturated rings. The monoisotopic (exact) mass is 237 g/mol. The Morgan fingerprint density at radius 1 is 1.35 bits per heavy atom. The summed E-state index contributed by atoms with van der Waals surface area (Å²) >= 11 is 0. The van der Waals surface area contributed by atoms with Gasteiger partial charge in [-0.1, -0.05) is 26.0 Å². The van der Waals surface area contributed by atoms with Crippen LogP contribution in [0.4, 0.5) is 0 Å². The van der Waals surface area contributed by atoms with Crippen LogP contribution in [0.25, 0.3) is 0 Å². The Hall–Kier alpha value is -1.55. The summed E-state index contributed by atoms with van der Waals surface area (Å²) in [5, 5.41) is 11.6. The molecule has 2 N–H and O–H groups in total. The minimum absolute atomic E-state index is 0.00908. The molecule has 0 saturated heterocycles. The van der Waals surface area contributed by atoms with Gasteiger partial charge in [-0.05, 0) is 23.6 Å². The predicted octanol–water partition coefficient (Wildman–Crippen LogP) is 1.33. The first-order valence-electron chi connectivity index (χ1n) is 5.71. The second-order valence-electron chi connectivity index (χ2n) is 4.29. The van der Waals surface area contributed by atoms with Crippen LogP contribution in [0.1, 0.15) is 19.4 Å². The number of hydrogen-bond acceptors (Lipinski definition) is 3. The first kappa shape index (κ1) is 13.5. The highest BCUT2D eigenvalue weighted by Crippen LogP contribution is 2.11. The van der Waals surface area contributed by atoms with Gasteiger partial charge in [0.1, 0.15) is 5.75 Å². The molecule has 17 heavy (non-hydrogen) atoms. The van der Waals surface area contributed by atoms with Gasteiger partial charge in [0.25, 0.3) is 5.91 Å². The first-order chi connectivity index (χ1) is 8.11. The van der Waals surface area contributed by atoms with E-state index in [2.05, 4.69) is 5.32 Å². The van der Waals surface area contributed by atoms with Gasteiger partial charge in [-0.25, -0.2) is 0 Å². The Morgan fingerprint density at radius 3 is 2.53 bits per heavy atom. The fourth-order valence-electron chi connectivity index (χ4n) is 1.21. The van der Waals surface area contributed by atoms with E-state index in [-0.39, 0.29) is 19.1 Å². The maximum Gasteiger partial charge on any atom is 0.257 e. The molecule has 1 aromatic carbocycles. The van der Waals surface area contributed by atoms with Crippen molar-refractivity contribution in [2.24, 2.45) is 5.92 Å². The van der Waals surface area contributed by atoms with Gasteiger partial charge in [0.2, 0.25) is 0 Å².